The molecule has 1 aliphatic carbocycles. The average Bonchev–Trinajstić information content (AvgIpc) is 2.41. The summed E-state index contributed by atoms with van der Waals surface area (Å²) in [6.07, 6.45) is 8.54. The van der Waals surface area contributed by atoms with E-state index in [9.17, 15) is 4.39 Å². The van der Waals surface area contributed by atoms with E-state index >= 15 is 0 Å². The first kappa shape index (κ1) is 13.4. The molecular formula is C14H21FN2O. The summed E-state index contributed by atoms with van der Waals surface area (Å²) in [4.78, 5) is 3.94. The van der Waals surface area contributed by atoms with Crippen LogP contribution in [0.1, 0.15) is 43.7 Å². The molecule has 0 saturated heterocycles. The molecule has 1 aliphatic rings. The lowest BCUT2D eigenvalue weighted by molar-refractivity contribution is -0.0672. The van der Waals surface area contributed by atoms with Gasteiger partial charge in [-0.3, -0.25) is 4.98 Å². The fraction of sp³-hybridized carbons (Fsp3) is 0.643. The van der Waals surface area contributed by atoms with Gasteiger partial charge in [-0.05, 0) is 31.5 Å². The van der Waals surface area contributed by atoms with Gasteiger partial charge in [0.2, 0.25) is 0 Å². The summed E-state index contributed by atoms with van der Waals surface area (Å²) in [5, 5.41) is 3.28. The number of ether oxygens (including phenoxy) is 1. The van der Waals surface area contributed by atoms with Gasteiger partial charge in [-0.15, -0.1) is 0 Å². The van der Waals surface area contributed by atoms with Gasteiger partial charge >= 0.3 is 0 Å². The van der Waals surface area contributed by atoms with Crippen LogP contribution in [0.2, 0.25) is 0 Å². The standard InChI is InChI=1S/C14H21FN2O/c1-16-13(11-8-12(15)10-17-9-11)14(18-2)6-4-3-5-7-14/h8-10,13,16H,3-7H2,1-2H3. The first-order valence-electron chi connectivity index (χ1n) is 6.55. The highest BCUT2D eigenvalue weighted by Gasteiger charge is 2.40. The predicted octanol–water partition coefficient (Wildman–Crippen LogP) is 2.83. The summed E-state index contributed by atoms with van der Waals surface area (Å²) >= 11 is 0. The van der Waals surface area contributed by atoms with Crippen molar-refractivity contribution in [2.45, 2.75) is 43.7 Å². The lowest BCUT2D eigenvalue weighted by Gasteiger charge is -2.42. The third kappa shape index (κ3) is 2.54. The Hall–Kier alpha value is -1.00. The molecule has 4 heteroatoms. The molecule has 0 amide bonds. The highest BCUT2D eigenvalue weighted by atomic mass is 19.1. The largest absolute Gasteiger partial charge is 0.376 e. The quantitative estimate of drug-likeness (QED) is 0.894. The summed E-state index contributed by atoms with van der Waals surface area (Å²) in [6.45, 7) is 0. The Balaban J connectivity index is 2.31. The predicted molar refractivity (Wildman–Crippen MR) is 68.8 cm³/mol. The van der Waals surface area contributed by atoms with Gasteiger partial charge in [0.1, 0.15) is 5.82 Å². The van der Waals surface area contributed by atoms with Crippen molar-refractivity contribution in [2.24, 2.45) is 0 Å². The van der Waals surface area contributed by atoms with Gasteiger partial charge in [-0.2, -0.15) is 0 Å². The number of halogens is 1. The second kappa shape index (κ2) is 5.76. The lowest BCUT2D eigenvalue weighted by atomic mass is 9.77. The summed E-state index contributed by atoms with van der Waals surface area (Å²) < 4.78 is 19.1. The molecule has 1 fully saturated rings. The number of rotatable bonds is 4. The van der Waals surface area contributed by atoms with E-state index in [2.05, 4.69) is 10.3 Å². The van der Waals surface area contributed by atoms with E-state index in [0.717, 1.165) is 31.2 Å². The molecule has 1 atom stereocenters. The second-order valence-corrected chi connectivity index (χ2v) is 4.99. The molecule has 0 spiro atoms. The lowest BCUT2D eigenvalue weighted by Crippen LogP contribution is -2.46. The van der Waals surface area contributed by atoms with Crippen molar-refractivity contribution in [2.75, 3.05) is 14.2 Å². The molecule has 0 aromatic carbocycles. The summed E-state index contributed by atoms with van der Waals surface area (Å²) in [7, 11) is 3.65. The number of pyridine rings is 1. The number of hydrogen-bond donors (Lipinski definition) is 1. The molecule has 0 radical (unpaired) electrons. The Labute approximate surface area is 108 Å². The Morgan fingerprint density at radius 2 is 2.06 bits per heavy atom. The number of hydrogen-bond acceptors (Lipinski definition) is 3. The minimum absolute atomic E-state index is 0.00833. The smallest absolute Gasteiger partial charge is 0.141 e. The number of likely N-dealkylation sites (N-methyl/N-ethyl adjacent to an activating group) is 1. The zero-order valence-corrected chi connectivity index (χ0v) is 11.1. The van der Waals surface area contributed by atoms with E-state index in [4.69, 9.17) is 4.74 Å². The van der Waals surface area contributed by atoms with Gasteiger partial charge in [0.25, 0.3) is 0 Å². The number of methoxy groups -OCH3 is 1. The van der Waals surface area contributed by atoms with E-state index in [0.29, 0.717) is 0 Å². The van der Waals surface area contributed by atoms with Gasteiger partial charge in [0, 0.05) is 13.3 Å². The van der Waals surface area contributed by atoms with Crippen LogP contribution in [0.5, 0.6) is 0 Å². The van der Waals surface area contributed by atoms with Gasteiger partial charge in [-0.25, -0.2) is 4.39 Å². The van der Waals surface area contributed by atoms with Crippen molar-refractivity contribution in [1.82, 2.24) is 10.3 Å². The van der Waals surface area contributed by atoms with Crippen LogP contribution in [0, 0.1) is 5.82 Å². The van der Waals surface area contributed by atoms with Crippen LogP contribution in [0.15, 0.2) is 18.5 Å². The van der Waals surface area contributed by atoms with E-state index in [1.165, 1.54) is 12.6 Å². The average molecular weight is 252 g/mol. The zero-order chi connectivity index (χ0) is 13.0. The third-order valence-corrected chi connectivity index (χ3v) is 3.98. The van der Waals surface area contributed by atoms with Crippen molar-refractivity contribution in [3.8, 4) is 0 Å². The maximum absolute atomic E-state index is 13.3. The number of aromatic nitrogens is 1. The van der Waals surface area contributed by atoms with Crippen LogP contribution in [0.3, 0.4) is 0 Å². The molecule has 1 heterocycles. The summed E-state index contributed by atoms with van der Waals surface area (Å²) in [6, 6.07) is 1.54. The fourth-order valence-electron chi connectivity index (χ4n) is 3.08. The Morgan fingerprint density at radius 3 is 2.61 bits per heavy atom. The molecule has 0 bridgehead atoms. The molecular weight excluding hydrogens is 231 g/mol. The zero-order valence-electron chi connectivity index (χ0n) is 11.1. The van der Waals surface area contributed by atoms with Crippen molar-refractivity contribution in [1.29, 1.82) is 0 Å². The molecule has 1 saturated carbocycles. The van der Waals surface area contributed by atoms with Crippen LogP contribution >= 0.6 is 0 Å². The van der Waals surface area contributed by atoms with E-state index in [-0.39, 0.29) is 17.5 Å². The fourth-order valence-corrected chi connectivity index (χ4v) is 3.08. The number of nitrogens with one attached hydrogen (secondary N) is 1. The van der Waals surface area contributed by atoms with Gasteiger partial charge < -0.3 is 10.1 Å². The SMILES string of the molecule is CNC(c1cncc(F)c1)C1(OC)CCCCC1. The highest BCUT2D eigenvalue weighted by molar-refractivity contribution is 5.20. The minimum Gasteiger partial charge on any atom is -0.376 e. The van der Waals surface area contributed by atoms with Gasteiger partial charge in [-0.1, -0.05) is 19.3 Å². The molecule has 1 aromatic heterocycles. The summed E-state index contributed by atoms with van der Waals surface area (Å²) in [5.41, 5.74) is 0.629. The van der Waals surface area contributed by atoms with Crippen LogP contribution in [-0.4, -0.2) is 24.7 Å². The number of nitrogens with zero attached hydrogens (tertiary/aromatic N) is 1. The summed E-state index contributed by atoms with van der Waals surface area (Å²) in [5.74, 6) is -0.296. The minimum atomic E-state index is -0.296. The van der Waals surface area contributed by atoms with E-state index in [1.54, 1.807) is 19.4 Å². The van der Waals surface area contributed by atoms with Crippen molar-refractivity contribution in [3.63, 3.8) is 0 Å². The van der Waals surface area contributed by atoms with Crippen LogP contribution < -0.4 is 5.32 Å². The topological polar surface area (TPSA) is 34.2 Å². The molecule has 1 N–H and O–H groups in total. The third-order valence-electron chi connectivity index (χ3n) is 3.98. The molecule has 1 aromatic rings. The monoisotopic (exact) mass is 252 g/mol. The molecule has 3 nitrogen and oxygen atoms in total. The Kier molecular flexibility index (Phi) is 4.30. The van der Waals surface area contributed by atoms with E-state index in [1.807, 2.05) is 7.05 Å². The Morgan fingerprint density at radius 1 is 1.33 bits per heavy atom. The van der Waals surface area contributed by atoms with Crippen molar-refractivity contribution >= 4 is 0 Å². The second-order valence-electron chi connectivity index (χ2n) is 4.99. The maximum Gasteiger partial charge on any atom is 0.141 e. The normalized spacial score (nSPS) is 20.6. The van der Waals surface area contributed by atoms with Crippen LogP contribution in [0.25, 0.3) is 0 Å². The first-order valence-corrected chi connectivity index (χ1v) is 6.55. The van der Waals surface area contributed by atoms with Crippen molar-refractivity contribution < 1.29 is 9.13 Å². The maximum atomic E-state index is 13.3. The first-order chi connectivity index (χ1) is 8.72. The molecule has 1 unspecified atom stereocenters. The van der Waals surface area contributed by atoms with Crippen LogP contribution in [-0.2, 0) is 4.74 Å². The molecule has 0 aliphatic heterocycles. The highest BCUT2D eigenvalue weighted by Crippen LogP contribution is 2.40. The Bertz CT molecular complexity index is 391. The molecule has 2 rings (SSSR count). The van der Waals surface area contributed by atoms with E-state index < -0.39 is 0 Å². The van der Waals surface area contributed by atoms with Gasteiger partial charge in [0.15, 0.2) is 0 Å². The van der Waals surface area contributed by atoms with Crippen molar-refractivity contribution in [3.05, 3.63) is 29.8 Å². The molecule has 18 heavy (non-hydrogen) atoms. The molecule has 100 valence electrons. The van der Waals surface area contributed by atoms with Crippen LogP contribution in [0.4, 0.5) is 4.39 Å². The van der Waals surface area contributed by atoms with Gasteiger partial charge in [0.05, 0.1) is 17.8 Å².